The first-order chi connectivity index (χ1) is 11.0. The van der Waals surface area contributed by atoms with Crippen LogP contribution >= 0.6 is 0 Å². The van der Waals surface area contributed by atoms with Crippen LogP contribution in [0.3, 0.4) is 0 Å². The molecule has 0 radical (unpaired) electrons. The van der Waals surface area contributed by atoms with Crippen molar-refractivity contribution in [2.24, 2.45) is 11.1 Å². The molecule has 1 aliphatic rings. The molecule has 126 valence electrons. The van der Waals surface area contributed by atoms with Crippen molar-refractivity contribution in [3.63, 3.8) is 0 Å². The molecular formula is C17H24N2O4. The number of nitrogens with zero attached hydrogens (tertiary/aromatic N) is 2. The Morgan fingerprint density at radius 3 is 2.61 bits per heavy atom. The van der Waals surface area contributed by atoms with Crippen LogP contribution in [0.1, 0.15) is 32.3 Å². The Bertz CT molecular complexity index is 578. The van der Waals surface area contributed by atoms with E-state index in [9.17, 15) is 4.79 Å². The van der Waals surface area contributed by atoms with Crippen molar-refractivity contribution in [3.05, 3.63) is 23.8 Å². The zero-order valence-electron chi connectivity index (χ0n) is 13.9. The van der Waals surface area contributed by atoms with Crippen molar-refractivity contribution in [1.82, 2.24) is 4.90 Å². The number of piperidine rings is 1. The van der Waals surface area contributed by atoms with E-state index in [2.05, 4.69) is 5.16 Å². The van der Waals surface area contributed by atoms with E-state index in [1.807, 2.05) is 23.1 Å². The molecule has 0 bridgehead atoms. The Kier molecular flexibility index (Phi) is 5.84. The topological polar surface area (TPSA) is 71.4 Å². The zero-order valence-corrected chi connectivity index (χ0v) is 13.9. The number of carbonyl (C=O) groups is 1. The molecule has 23 heavy (non-hydrogen) atoms. The molecule has 0 aromatic heterocycles. The third kappa shape index (κ3) is 4.61. The van der Waals surface area contributed by atoms with Gasteiger partial charge in [0.2, 0.25) is 11.8 Å². The molecule has 0 saturated carbocycles. The summed E-state index contributed by atoms with van der Waals surface area (Å²) in [6.45, 7) is 4.82. The Hall–Kier alpha value is -2.24. The van der Waals surface area contributed by atoms with Gasteiger partial charge in [-0.1, -0.05) is 5.16 Å². The number of rotatable bonds is 4. The van der Waals surface area contributed by atoms with Crippen molar-refractivity contribution in [3.8, 4) is 11.5 Å². The minimum absolute atomic E-state index is 0.142. The van der Waals surface area contributed by atoms with Gasteiger partial charge in [-0.3, -0.25) is 4.79 Å². The lowest BCUT2D eigenvalue weighted by molar-refractivity contribution is -0.130. The zero-order chi connectivity index (χ0) is 16.8. The first-order valence-electron chi connectivity index (χ1n) is 7.82. The average molecular weight is 320 g/mol. The van der Waals surface area contributed by atoms with Gasteiger partial charge in [0.05, 0.1) is 7.11 Å². The SMILES string of the molecule is COc1ccc(OC(C)=NO)c(CC2CCN(C(C)=O)CC2)c1. The number of benzene rings is 1. The molecule has 1 N–H and O–H groups in total. The van der Waals surface area contributed by atoms with Crippen LogP contribution in [0.25, 0.3) is 0 Å². The van der Waals surface area contributed by atoms with E-state index in [1.54, 1.807) is 21.0 Å². The highest BCUT2D eigenvalue weighted by Gasteiger charge is 2.22. The molecule has 1 fully saturated rings. The molecule has 1 heterocycles. The minimum atomic E-state index is 0.142. The molecule has 2 rings (SSSR count). The summed E-state index contributed by atoms with van der Waals surface area (Å²) in [4.78, 5) is 13.3. The molecule has 1 saturated heterocycles. The van der Waals surface area contributed by atoms with Crippen molar-refractivity contribution in [2.45, 2.75) is 33.1 Å². The Morgan fingerprint density at radius 1 is 1.35 bits per heavy atom. The third-order valence-electron chi connectivity index (χ3n) is 4.23. The van der Waals surface area contributed by atoms with Crippen molar-refractivity contribution < 1.29 is 19.5 Å². The summed E-state index contributed by atoms with van der Waals surface area (Å²) >= 11 is 0. The second kappa shape index (κ2) is 7.85. The van der Waals surface area contributed by atoms with Crippen LogP contribution in [0.2, 0.25) is 0 Å². The molecule has 0 unspecified atom stereocenters. The van der Waals surface area contributed by atoms with Crippen LogP contribution in [0.15, 0.2) is 23.4 Å². The van der Waals surface area contributed by atoms with Crippen molar-refractivity contribution in [1.29, 1.82) is 0 Å². The lowest BCUT2D eigenvalue weighted by Gasteiger charge is -2.31. The highest BCUT2D eigenvalue weighted by molar-refractivity contribution is 5.75. The fourth-order valence-corrected chi connectivity index (χ4v) is 2.88. The van der Waals surface area contributed by atoms with Crippen molar-refractivity contribution >= 4 is 11.8 Å². The Balaban J connectivity index is 2.09. The number of methoxy groups -OCH3 is 1. The molecule has 1 aromatic carbocycles. The number of amides is 1. The quantitative estimate of drug-likeness (QED) is 0.401. The minimum Gasteiger partial charge on any atom is -0.497 e. The second-order valence-electron chi connectivity index (χ2n) is 5.85. The van der Waals surface area contributed by atoms with Crippen LogP contribution in [0.4, 0.5) is 0 Å². The van der Waals surface area contributed by atoms with Gasteiger partial charge in [-0.25, -0.2) is 0 Å². The van der Waals surface area contributed by atoms with Crippen LogP contribution < -0.4 is 9.47 Å². The van der Waals surface area contributed by atoms with E-state index in [4.69, 9.17) is 14.7 Å². The first-order valence-corrected chi connectivity index (χ1v) is 7.82. The molecule has 0 atom stereocenters. The average Bonchev–Trinajstić information content (AvgIpc) is 2.56. The summed E-state index contributed by atoms with van der Waals surface area (Å²) < 4.78 is 10.9. The lowest BCUT2D eigenvalue weighted by atomic mass is 9.89. The number of hydrogen-bond acceptors (Lipinski definition) is 5. The van der Waals surface area contributed by atoms with Gasteiger partial charge < -0.3 is 19.6 Å². The first kappa shape index (κ1) is 17.1. The number of hydrogen-bond donors (Lipinski definition) is 1. The molecule has 6 nitrogen and oxygen atoms in total. The van der Waals surface area contributed by atoms with E-state index in [0.29, 0.717) is 11.7 Å². The van der Waals surface area contributed by atoms with Crippen LogP contribution in [0.5, 0.6) is 11.5 Å². The number of oxime groups is 1. The standard InChI is InChI=1S/C17H24N2O4/c1-12(18-21)23-17-5-4-16(22-3)11-15(17)10-14-6-8-19(9-7-14)13(2)20/h4-5,11,14,21H,6-10H2,1-3H3. The summed E-state index contributed by atoms with van der Waals surface area (Å²) in [6, 6.07) is 5.60. The second-order valence-corrected chi connectivity index (χ2v) is 5.85. The number of carbonyl (C=O) groups excluding carboxylic acids is 1. The van der Waals surface area contributed by atoms with E-state index < -0.39 is 0 Å². The molecular weight excluding hydrogens is 296 g/mol. The monoisotopic (exact) mass is 320 g/mol. The molecule has 0 aliphatic carbocycles. The van der Waals surface area contributed by atoms with Gasteiger partial charge in [-0.2, -0.15) is 0 Å². The van der Waals surface area contributed by atoms with Crippen LogP contribution in [-0.2, 0) is 11.2 Å². The summed E-state index contributed by atoms with van der Waals surface area (Å²) in [6.07, 6.45) is 2.80. The molecule has 1 aromatic rings. The largest absolute Gasteiger partial charge is 0.497 e. The van der Waals surface area contributed by atoms with E-state index in [1.165, 1.54) is 0 Å². The molecule has 0 spiro atoms. The maximum atomic E-state index is 11.4. The molecule has 1 amide bonds. The van der Waals surface area contributed by atoms with E-state index in [0.717, 1.165) is 43.7 Å². The summed E-state index contributed by atoms with van der Waals surface area (Å²) in [5.41, 5.74) is 1.02. The van der Waals surface area contributed by atoms with Gasteiger partial charge in [0.1, 0.15) is 11.5 Å². The molecule has 1 aliphatic heterocycles. The predicted octanol–water partition coefficient (Wildman–Crippen LogP) is 2.68. The maximum Gasteiger partial charge on any atom is 0.228 e. The number of ether oxygens (including phenoxy) is 2. The summed E-state index contributed by atoms with van der Waals surface area (Å²) in [5.74, 6) is 2.28. The Morgan fingerprint density at radius 2 is 2.04 bits per heavy atom. The van der Waals surface area contributed by atoms with Gasteiger partial charge in [0, 0.05) is 26.9 Å². The fourth-order valence-electron chi connectivity index (χ4n) is 2.88. The molecule has 6 heteroatoms. The van der Waals surface area contributed by atoms with Gasteiger partial charge in [-0.05, 0) is 48.9 Å². The fraction of sp³-hybridized carbons (Fsp3) is 0.529. The Labute approximate surface area is 136 Å². The van der Waals surface area contributed by atoms with Gasteiger partial charge in [0.15, 0.2) is 0 Å². The predicted molar refractivity (Wildman–Crippen MR) is 87.2 cm³/mol. The normalized spacial score (nSPS) is 16.3. The number of likely N-dealkylation sites (tertiary alicyclic amines) is 1. The van der Waals surface area contributed by atoms with Gasteiger partial charge in [0.25, 0.3) is 0 Å². The summed E-state index contributed by atoms with van der Waals surface area (Å²) in [7, 11) is 1.63. The van der Waals surface area contributed by atoms with Crippen molar-refractivity contribution in [2.75, 3.05) is 20.2 Å². The third-order valence-corrected chi connectivity index (χ3v) is 4.23. The summed E-state index contributed by atoms with van der Waals surface area (Å²) in [5, 5.41) is 11.9. The van der Waals surface area contributed by atoms with E-state index >= 15 is 0 Å². The van der Waals surface area contributed by atoms with Gasteiger partial charge >= 0.3 is 0 Å². The highest BCUT2D eigenvalue weighted by atomic mass is 16.5. The maximum absolute atomic E-state index is 11.4. The lowest BCUT2D eigenvalue weighted by Crippen LogP contribution is -2.37. The van der Waals surface area contributed by atoms with Gasteiger partial charge in [-0.15, -0.1) is 0 Å². The van der Waals surface area contributed by atoms with E-state index in [-0.39, 0.29) is 11.8 Å². The van der Waals surface area contributed by atoms with Crippen LogP contribution in [0, 0.1) is 5.92 Å². The smallest absolute Gasteiger partial charge is 0.228 e. The van der Waals surface area contributed by atoms with Crippen LogP contribution in [-0.4, -0.2) is 42.1 Å². The highest BCUT2D eigenvalue weighted by Crippen LogP contribution is 2.30.